The second-order valence-corrected chi connectivity index (χ2v) is 10.6. The van der Waals surface area contributed by atoms with Crippen LogP contribution in [0, 0.1) is 35.0 Å². The molecule has 2 N–H and O–H groups in total. The van der Waals surface area contributed by atoms with E-state index in [1.807, 2.05) is 6.92 Å². The minimum atomic E-state index is -1.76. The lowest BCUT2D eigenvalue weighted by Crippen LogP contribution is -2.57. The third-order valence-corrected chi connectivity index (χ3v) is 7.63. The molecule has 0 amide bonds. The highest BCUT2D eigenvalue weighted by Crippen LogP contribution is 2.42. The Bertz CT molecular complexity index is 1540. The molecule has 9 nitrogen and oxygen atoms in total. The molecule has 0 aliphatic carbocycles. The zero-order valence-electron chi connectivity index (χ0n) is 23.4. The van der Waals surface area contributed by atoms with Crippen molar-refractivity contribution in [2.45, 2.75) is 38.4 Å². The molecule has 3 heterocycles. The van der Waals surface area contributed by atoms with Crippen molar-refractivity contribution in [2.24, 2.45) is 26.7 Å². The van der Waals surface area contributed by atoms with Gasteiger partial charge in [-0.25, -0.2) is 28.0 Å². The van der Waals surface area contributed by atoms with Crippen LogP contribution >= 0.6 is 0 Å². The molecular formula is C29H29F5N6O3. The van der Waals surface area contributed by atoms with Gasteiger partial charge in [-0.3, -0.25) is 9.91 Å². The summed E-state index contributed by atoms with van der Waals surface area (Å²) in [4.78, 5) is 22.9. The monoisotopic (exact) mass is 604 g/mol. The van der Waals surface area contributed by atoms with Gasteiger partial charge in [0.25, 0.3) is 0 Å². The largest absolute Gasteiger partial charge is 0.463 e. The highest BCUT2D eigenvalue weighted by Gasteiger charge is 2.54. The maximum atomic E-state index is 15.6. The molecule has 3 unspecified atom stereocenters. The number of nitrogens with two attached hydrogens (primary N) is 1. The van der Waals surface area contributed by atoms with Gasteiger partial charge in [-0.2, -0.15) is 13.9 Å². The number of fused-ring (bicyclic) bond motifs is 1. The number of hydrazone groups is 1. The van der Waals surface area contributed by atoms with Crippen molar-refractivity contribution < 1.29 is 36.2 Å². The third-order valence-electron chi connectivity index (χ3n) is 7.63. The maximum absolute atomic E-state index is 15.6. The number of carbonyl (C=O) groups is 1. The first kappa shape index (κ1) is 30.1. The van der Waals surface area contributed by atoms with Crippen molar-refractivity contribution >= 4 is 23.9 Å². The molecule has 2 aromatic rings. The van der Waals surface area contributed by atoms with E-state index >= 15 is 4.39 Å². The molecule has 0 spiro atoms. The van der Waals surface area contributed by atoms with Crippen LogP contribution in [0.5, 0.6) is 11.5 Å². The smallest absolute Gasteiger partial charge is 0.334 e. The van der Waals surface area contributed by atoms with Gasteiger partial charge in [-0.15, -0.1) is 0 Å². The molecule has 5 rings (SSSR count). The first-order valence-corrected chi connectivity index (χ1v) is 13.6. The molecule has 1 saturated heterocycles. The maximum Gasteiger partial charge on any atom is 0.334 e. The molecular weight excluding hydrogens is 575 g/mol. The number of amidine groups is 1. The second-order valence-electron chi connectivity index (χ2n) is 10.6. The first-order valence-electron chi connectivity index (χ1n) is 13.6. The van der Waals surface area contributed by atoms with Gasteiger partial charge in [0.1, 0.15) is 29.7 Å². The van der Waals surface area contributed by atoms with Crippen molar-refractivity contribution in [1.82, 2.24) is 9.91 Å². The van der Waals surface area contributed by atoms with E-state index in [2.05, 4.69) is 21.5 Å². The topological polar surface area (TPSA) is 105 Å². The van der Waals surface area contributed by atoms with E-state index < -0.39 is 58.1 Å². The van der Waals surface area contributed by atoms with Crippen molar-refractivity contribution in [2.75, 3.05) is 26.2 Å². The summed E-state index contributed by atoms with van der Waals surface area (Å²) in [6, 6.07) is 3.12. The summed E-state index contributed by atoms with van der Waals surface area (Å²) >= 11 is 0. The number of hydrogen-bond acceptors (Lipinski definition) is 9. The van der Waals surface area contributed by atoms with Gasteiger partial charge in [-0.05, 0) is 45.4 Å². The number of nitrogens with zero attached hydrogens (tertiary/aromatic N) is 5. The highest BCUT2D eigenvalue weighted by molar-refractivity contribution is 6.17. The predicted octanol–water partition coefficient (Wildman–Crippen LogP) is 4.51. The van der Waals surface area contributed by atoms with Crippen molar-refractivity contribution in [1.29, 1.82) is 0 Å². The van der Waals surface area contributed by atoms with Crippen LogP contribution in [-0.2, 0) is 9.53 Å². The van der Waals surface area contributed by atoms with Gasteiger partial charge in [0.2, 0.25) is 17.4 Å². The summed E-state index contributed by atoms with van der Waals surface area (Å²) < 4.78 is 81.1. The van der Waals surface area contributed by atoms with E-state index in [-0.39, 0.29) is 35.8 Å². The Labute approximate surface area is 244 Å². The fourth-order valence-electron chi connectivity index (χ4n) is 5.64. The Balaban J connectivity index is 1.44. The number of esters is 1. The number of rotatable bonds is 8. The van der Waals surface area contributed by atoms with Gasteiger partial charge in [0.15, 0.2) is 17.3 Å². The fourth-order valence-corrected chi connectivity index (χ4v) is 5.64. The van der Waals surface area contributed by atoms with Crippen LogP contribution in [0.1, 0.15) is 32.3 Å². The van der Waals surface area contributed by atoms with Crippen LogP contribution in [-0.4, -0.2) is 71.7 Å². The van der Waals surface area contributed by atoms with Crippen molar-refractivity contribution in [3.8, 4) is 11.5 Å². The number of halogens is 5. The van der Waals surface area contributed by atoms with E-state index in [1.165, 1.54) is 18.5 Å². The fraction of sp³-hybridized carbons (Fsp3) is 0.379. The zero-order valence-corrected chi connectivity index (χ0v) is 23.4. The Morgan fingerprint density at radius 1 is 1.14 bits per heavy atom. The summed E-state index contributed by atoms with van der Waals surface area (Å²) in [5.41, 5.74) is 5.78. The molecule has 0 saturated carbocycles. The minimum absolute atomic E-state index is 0.00366. The molecule has 2 aromatic carbocycles. The number of likely N-dealkylation sites (tertiary alicyclic amines) is 1. The molecule has 3 atom stereocenters. The summed E-state index contributed by atoms with van der Waals surface area (Å²) in [6.07, 6.45) is 2.84. The van der Waals surface area contributed by atoms with Crippen LogP contribution in [0.3, 0.4) is 0 Å². The third kappa shape index (κ3) is 5.58. The summed E-state index contributed by atoms with van der Waals surface area (Å²) in [5, 5.41) is 6.56. The summed E-state index contributed by atoms with van der Waals surface area (Å²) in [5.74, 6) is -10.5. The molecule has 0 aromatic heterocycles. The highest BCUT2D eigenvalue weighted by atomic mass is 19.2. The lowest BCUT2D eigenvalue weighted by molar-refractivity contribution is -0.138. The summed E-state index contributed by atoms with van der Waals surface area (Å²) in [7, 11) is 0. The zero-order chi connectivity index (χ0) is 31.1. The molecule has 228 valence electrons. The van der Waals surface area contributed by atoms with Crippen LogP contribution in [0.15, 0.2) is 51.5 Å². The Hall–Kier alpha value is -4.33. The van der Waals surface area contributed by atoms with E-state index in [4.69, 9.17) is 20.3 Å². The average molecular weight is 605 g/mol. The molecule has 14 heteroatoms. The minimum Gasteiger partial charge on any atom is -0.463 e. The average Bonchev–Trinajstić information content (AvgIpc) is 3.28. The van der Waals surface area contributed by atoms with Gasteiger partial charge < -0.3 is 15.2 Å². The van der Waals surface area contributed by atoms with Crippen LogP contribution in [0.25, 0.3) is 0 Å². The number of carbonyl (C=O) groups excluding carboxylic acids is 1. The number of aliphatic imine (C=N–C) groups is 2. The first-order chi connectivity index (χ1) is 20.4. The Kier molecular flexibility index (Phi) is 8.23. The summed E-state index contributed by atoms with van der Waals surface area (Å²) in [6.45, 7) is 9.14. The van der Waals surface area contributed by atoms with E-state index in [0.29, 0.717) is 18.7 Å². The molecule has 43 heavy (non-hydrogen) atoms. The number of piperidine rings is 1. The van der Waals surface area contributed by atoms with Gasteiger partial charge in [0.05, 0.1) is 18.4 Å². The molecule has 0 radical (unpaired) electrons. The lowest BCUT2D eigenvalue weighted by atomic mass is 9.84. The predicted molar refractivity (Wildman–Crippen MR) is 148 cm³/mol. The second kappa shape index (κ2) is 11.7. The SMILES string of the molecule is C=C(CN1CCCC(N2N=C(c3ccc(Oc4c(F)c(F)cc(F)c4F)cc3F)C3C(N)=NC=NC32C)C1)C(=O)OCC. The van der Waals surface area contributed by atoms with Crippen LogP contribution in [0.4, 0.5) is 22.0 Å². The van der Waals surface area contributed by atoms with Crippen molar-refractivity contribution in [3.63, 3.8) is 0 Å². The van der Waals surface area contributed by atoms with Gasteiger partial charge in [-0.1, -0.05) is 6.58 Å². The van der Waals surface area contributed by atoms with Gasteiger partial charge >= 0.3 is 5.97 Å². The van der Waals surface area contributed by atoms with E-state index in [0.717, 1.165) is 25.5 Å². The van der Waals surface area contributed by atoms with Crippen molar-refractivity contribution in [3.05, 3.63) is 71.1 Å². The molecule has 3 aliphatic heterocycles. The van der Waals surface area contributed by atoms with E-state index in [9.17, 15) is 22.4 Å². The Morgan fingerprint density at radius 2 is 1.86 bits per heavy atom. The van der Waals surface area contributed by atoms with Crippen LogP contribution < -0.4 is 10.5 Å². The number of hydrogen-bond donors (Lipinski definition) is 1. The molecule has 3 aliphatic rings. The molecule has 1 fully saturated rings. The van der Waals surface area contributed by atoms with Crippen LogP contribution in [0.2, 0.25) is 0 Å². The normalized spacial score (nSPS) is 23.5. The van der Waals surface area contributed by atoms with E-state index in [1.54, 1.807) is 11.9 Å². The quantitative estimate of drug-likeness (QED) is 0.206. The van der Waals surface area contributed by atoms with Gasteiger partial charge in [0, 0.05) is 36.4 Å². The number of ether oxygens (including phenoxy) is 2. The molecule has 0 bridgehead atoms. The standard InChI is InChI=1S/C29H29F5N6O3/c1-4-42-28(41)15(2)12-39-9-5-6-16(13-39)40-29(3)22(27(35)36-14-37-29)25(38-40)18-8-7-17(10-19(18)30)43-26-23(33)20(31)11-21(32)24(26)34/h7-8,10-11,14,16,22H,2,4-6,9,12-13H2,1,3H3,(H2,35,36,37). The number of benzene rings is 2. The lowest BCUT2D eigenvalue weighted by Gasteiger charge is -2.44. The Morgan fingerprint density at radius 3 is 2.53 bits per heavy atom.